The highest BCUT2D eigenvalue weighted by Crippen LogP contribution is 2.49. The number of hydrogen-bond donors (Lipinski definition) is 7. The van der Waals surface area contributed by atoms with Gasteiger partial charge in [-0.1, -0.05) is 10.1 Å². The Bertz CT molecular complexity index is 2890. The summed E-state index contributed by atoms with van der Waals surface area (Å²) in [4.78, 5) is 20.3. The number of phenolic OH excluding ortho intramolecular Hbond substituents is 3. The molecule has 0 atom stereocenters. The van der Waals surface area contributed by atoms with Crippen molar-refractivity contribution in [1.29, 1.82) is 0 Å². The van der Waals surface area contributed by atoms with Crippen LogP contribution in [0, 0.1) is 20.2 Å². The molecule has 6 rings (SSSR count). The molecule has 0 saturated carbocycles. The van der Waals surface area contributed by atoms with Gasteiger partial charge in [0.2, 0.25) is 0 Å². The van der Waals surface area contributed by atoms with Crippen LogP contribution in [-0.2, 0) is 28.9 Å². The van der Waals surface area contributed by atoms with Gasteiger partial charge < -0.3 is 20.6 Å². The number of aromatic hydroxyl groups is 3. The molecule has 0 saturated heterocycles. The van der Waals surface area contributed by atoms with Crippen LogP contribution in [0.4, 0.5) is 56.9 Å². The minimum Gasteiger partial charge on any atom is -0.505 e. The maximum absolute atomic E-state index is 12.3. The van der Waals surface area contributed by atoms with Gasteiger partial charge in [0.25, 0.3) is 21.5 Å². The van der Waals surface area contributed by atoms with Crippen LogP contribution in [0.3, 0.4) is 0 Å². The van der Waals surface area contributed by atoms with Crippen LogP contribution in [0.15, 0.2) is 142 Å². The molecule has 0 aromatic heterocycles. The standard InChI is InChI=1S/C34H23N9O16S3/c44-27-12-11-25(33(45)31(27)40-36-19-3-1-18(2-4-19)35-24-10-9-22(43(49)50)15-28(24)60-58-56-51)38-39-26-16-23(62(53,54)55)13-17-14-29(61-59-57-52)32(34(46)30(17)26)41-37-20-5-7-21(8-6-20)42(47)48/h1-16,35,44-46,51-52H,(H,53,54,55). The van der Waals surface area contributed by atoms with Crippen LogP contribution in [0.1, 0.15) is 0 Å². The largest absolute Gasteiger partial charge is 0.505 e. The van der Waals surface area contributed by atoms with Crippen LogP contribution in [-0.4, -0.2) is 48.7 Å². The molecule has 0 spiro atoms. The van der Waals surface area contributed by atoms with Gasteiger partial charge in [0, 0.05) is 30.0 Å². The first-order valence-corrected chi connectivity index (χ1v) is 19.4. The van der Waals surface area contributed by atoms with E-state index >= 15 is 0 Å². The van der Waals surface area contributed by atoms with E-state index in [1.165, 1.54) is 48.5 Å². The predicted molar refractivity (Wildman–Crippen MR) is 215 cm³/mol. The van der Waals surface area contributed by atoms with Gasteiger partial charge in [-0.15, -0.1) is 29.1 Å². The number of fused-ring (bicyclic) bond motifs is 1. The molecule has 0 aliphatic heterocycles. The number of nitrogens with one attached hydrogen (secondary N) is 1. The first-order valence-electron chi connectivity index (χ1n) is 16.5. The third-order valence-corrected chi connectivity index (χ3v) is 10.1. The smallest absolute Gasteiger partial charge is 0.294 e. The van der Waals surface area contributed by atoms with Crippen molar-refractivity contribution in [3.63, 3.8) is 0 Å². The number of hydrogen-bond acceptors (Lipinski definition) is 24. The van der Waals surface area contributed by atoms with E-state index in [1.807, 2.05) is 0 Å². The number of azo groups is 3. The topological polar surface area (TPSA) is 365 Å². The fraction of sp³-hybridized carbons (Fsp3) is 0. The fourth-order valence-electron chi connectivity index (χ4n) is 5.20. The van der Waals surface area contributed by atoms with Crippen molar-refractivity contribution >= 4 is 102 Å². The maximum Gasteiger partial charge on any atom is 0.294 e. The Morgan fingerprint density at radius 1 is 0.613 bits per heavy atom. The number of anilines is 2. The molecule has 0 amide bonds. The lowest BCUT2D eigenvalue weighted by atomic mass is 10.1. The molecule has 28 heteroatoms. The summed E-state index contributed by atoms with van der Waals surface area (Å²) in [6, 6.07) is 19.9. The molecular formula is C34H23N9O16S3. The van der Waals surface area contributed by atoms with E-state index in [2.05, 4.69) is 54.7 Å². The van der Waals surface area contributed by atoms with Gasteiger partial charge >= 0.3 is 0 Å². The van der Waals surface area contributed by atoms with Crippen LogP contribution >= 0.6 is 24.1 Å². The Hall–Kier alpha value is -7.25. The van der Waals surface area contributed by atoms with Gasteiger partial charge in [0.05, 0.1) is 76.8 Å². The quantitative estimate of drug-likeness (QED) is 0.0112. The average molecular weight is 910 g/mol. The Balaban J connectivity index is 1.32. The van der Waals surface area contributed by atoms with Crippen LogP contribution < -0.4 is 5.32 Å². The molecule has 0 fully saturated rings. The minimum absolute atomic E-state index is 0.104. The molecule has 0 aliphatic carbocycles. The third-order valence-electron chi connectivity index (χ3n) is 8.00. The second kappa shape index (κ2) is 19.4. The summed E-state index contributed by atoms with van der Waals surface area (Å²) in [5, 5.41) is 106. The van der Waals surface area contributed by atoms with Crippen LogP contribution in [0.2, 0.25) is 0 Å². The van der Waals surface area contributed by atoms with E-state index in [9.17, 15) is 48.5 Å². The lowest BCUT2D eigenvalue weighted by Crippen LogP contribution is -1.98. The molecule has 7 N–H and O–H groups in total. The molecule has 62 heavy (non-hydrogen) atoms. The molecular weight excluding hydrogens is 887 g/mol. The molecule has 25 nitrogen and oxygen atoms in total. The zero-order chi connectivity index (χ0) is 44.6. The van der Waals surface area contributed by atoms with Gasteiger partial charge in [-0.05, 0) is 78.2 Å². The molecule has 0 unspecified atom stereocenters. The van der Waals surface area contributed by atoms with Crippen molar-refractivity contribution in [3.05, 3.63) is 117 Å². The summed E-state index contributed by atoms with van der Waals surface area (Å²) in [7, 11) is -4.92. The first kappa shape index (κ1) is 44.3. The number of nitro benzene ring substituents is 2. The molecule has 6 aromatic rings. The molecule has 318 valence electrons. The summed E-state index contributed by atoms with van der Waals surface area (Å²) in [5.74, 6) is -2.00. The van der Waals surface area contributed by atoms with Crippen molar-refractivity contribution in [2.75, 3.05) is 5.32 Å². The SMILES string of the molecule is O=[N+]([O-])c1ccc(N=Nc2c(SOOO)cc3cc(S(=O)(=O)O)cc(N=Nc4ccc(O)c(N=Nc5ccc(Nc6ccc([N+](=O)[O-])cc6SOOO)cc5)c4O)c3c2O)cc1. The molecule has 0 aliphatic rings. The number of phenols is 3. The Labute approximate surface area is 353 Å². The van der Waals surface area contributed by atoms with E-state index < -0.39 is 53.5 Å². The van der Waals surface area contributed by atoms with Gasteiger partial charge in [-0.2, -0.15) is 18.6 Å². The lowest BCUT2D eigenvalue weighted by molar-refractivity contribution is -0.432. The first-order chi connectivity index (χ1) is 29.7. The van der Waals surface area contributed by atoms with Crippen molar-refractivity contribution in [3.8, 4) is 17.2 Å². The van der Waals surface area contributed by atoms with E-state index in [1.54, 1.807) is 12.1 Å². The zero-order valence-corrected chi connectivity index (χ0v) is 32.8. The zero-order valence-electron chi connectivity index (χ0n) is 30.3. The highest BCUT2D eigenvalue weighted by molar-refractivity contribution is 7.95. The van der Waals surface area contributed by atoms with Crippen LogP contribution in [0.5, 0.6) is 17.2 Å². The summed E-state index contributed by atoms with van der Waals surface area (Å²) in [6.07, 6.45) is 0. The monoisotopic (exact) mass is 909 g/mol. The van der Waals surface area contributed by atoms with Crippen molar-refractivity contribution in [2.45, 2.75) is 14.7 Å². The number of non-ortho nitro benzene ring substituents is 2. The number of benzene rings is 6. The van der Waals surface area contributed by atoms with Crippen LogP contribution in [0.25, 0.3) is 10.8 Å². The highest BCUT2D eigenvalue weighted by atomic mass is 32.2. The Morgan fingerprint density at radius 2 is 1.19 bits per heavy atom. The highest BCUT2D eigenvalue weighted by Gasteiger charge is 2.22. The number of nitro groups is 2. The molecule has 6 aromatic carbocycles. The lowest BCUT2D eigenvalue weighted by Gasteiger charge is -2.12. The van der Waals surface area contributed by atoms with Crippen molar-refractivity contribution in [2.24, 2.45) is 30.7 Å². The summed E-state index contributed by atoms with van der Waals surface area (Å²) in [6.45, 7) is 0. The Kier molecular flexibility index (Phi) is 13.9. The second-order valence-corrected chi connectivity index (χ2v) is 14.7. The van der Waals surface area contributed by atoms with E-state index in [-0.39, 0.29) is 54.7 Å². The molecule has 0 heterocycles. The van der Waals surface area contributed by atoms with E-state index in [4.69, 9.17) is 10.5 Å². The minimum atomic E-state index is -4.92. The van der Waals surface area contributed by atoms with Crippen molar-refractivity contribution < 1.29 is 67.4 Å². The van der Waals surface area contributed by atoms with Gasteiger partial charge in [-0.25, -0.2) is 10.5 Å². The van der Waals surface area contributed by atoms with E-state index in [0.29, 0.717) is 35.5 Å². The van der Waals surface area contributed by atoms with Gasteiger partial charge in [0.1, 0.15) is 17.1 Å². The Morgan fingerprint density at radius 3 is 1.81 bits per heavy atom. The second-order valence-electron chi connectivity index (χ2n) is 11.8. The maximum atomic E-state index is 12.3. The number of nitrogens with zero attached hydrogens (tertiary/aromatic N) is 8. The average Bonchev–Trinajstić information content (AvgIpc) is 3.24. The number of rotatable bonds is 17. The van der Waals surface area contributed by atoms with Gasteiger partial charge in [0.15, 0.2) is 17.2 Å². The third kappa shape index (κ3) is 10.5. The fourth-order valence-corrected chi connectivity index (χ4v) is 6.71. The molecule has 0 bridgehead atoms. The van der Waals surface area contributed by atoms with E-state index in [0.717, 1.165) is 36.4 Å². The molecule has 0 radical (unpaired) electrons. The summed E-state index contributed by atoms with van der Waals surface area (Å²) in [5.41, 5.74) is -0.922. The summed E-state index contributed by atoms with van der Waals surface area (Å²) >= 11 is 0.807. The van der Waals surface area contributed by atoms with Gasteiger partial charge in [-0.3, -0.25) is 24.8 Å². The summed E-state index contributed by atoms with van der Waals surface area (Å²) < 4.78 is 43.4. The van der Waals surface area contributed by atoms with Crippen molar-refractivity contribution in [1.82, 2.24) is 0 Å². The predicted octanol–water partition coefficient (Wildman–Crippen LogP) is 10.9. The normalized spacial score (nSPS) is 11.9.